The van der Waals surface area contributed by atoms with Crippen molar-refractivity contribution in [2.45, 2.75) is 19.9 Å². The molecular weight excluding hydrogens is 358 g/mol. The molecule has 0 fully saturated rings. The molecule has 4 aromatic rings. The van der Waals surface area contributed by atoms with Gasteiger partial charge >= 0.3 is 0 Å². The smallest absolute Gasteiger partial charge is 0.251 e. The molecule has 3 heterocycles. The molecule has 0 spiro atoms. The summed E-state index contributed by atoms with van der Waals surface area (Å²) in [6, 6.07) is 9.16. The average Bonchev–Trinajstić information content (AvgIpc) is 3.19. The molecular formula is C19H17N7O2. The van der Waals surface area contributed by atoms with Gasteiger partial charge in [-0.05, 0) is 46.6 Å². The lowest BCUT2D eigenvalue weighted by molar-refractivity contribution is 0.0951. The van der Waals surface area contributed by atoms with Crippen molar-refractivity contribution in [1.82, 2.24) is 30.8 Å². The molecule has 0 aliphatic heterocycles. The number of carbonyl (C=O) groups excluding carboxylic acids is 1. The summed E-state index contributed by atoms with van der Waals surface area (Å²) in [5.74, 6) is -0.157. The number of rotatable bonds is 5. The van der Waals surface area contributed by atoms with Crippen molar-refractivity contribution in [2.75, 3.05) is 5.73 Å². The number of anilines is 1. The molecule has 0 radical (unpaired) electrons. The van der Waals surface area contributed by atoms with E-state index in [1.807, 2.05) is 19.1 Å². The average molecular weight is 375 g/mol. The van der Waals surface area contributed by atoms with E-state index in [4.69, 9.17) is 10.4 Å². The highest BCUT2D eigenvalue weighted by Crippen LogP contribution is 2.25. The first-order valence-electron chi connectivity index (χ1n) is 8.62. The lowest BCUT2D eigenvalue weighted by Gasteiger charge is -2.10. The Morgan fingerprint density at radius 2 is 1.93 bits per heavy atom. The maximum absolute atomic E-state index is 12.3. The number of fused-ring (bicyclic) bond motifs is 1. The molecule has 0 saturated heterocycles. The number of nitrogens with two attached hydrogens (primary N) is 1. The van der Waals surface area contributed by atoms with Crippen LogP contribution in [-0.4, -0.2) is 31.4 Å². The van der Waals surface area contributed by atoms with Crippen molar-refractivity contribution >= 4 is 22.8 Å². The molecule has 140 valence electrons. The van der Waals surface area contributed by atoms with E-state index < -0.39 is 0 Å². The summed E-state index contributed by atoms with van der Waals surface area (Å²) in [5.41, 5.74) is 11.7. The number of hydrogen-bond donors (Lipinski definition) is 2. The van der Waals surface area contributed by atoms with Crippen molar-refractivity contribution < 1.29 is 9.42 Å². The molecule has 0 aliphatic carbocycles. The van der Waals surface area contributed by atoms with Gasteiger partial charge in [0.25, 0.3) is 5.91 Å². The van der Waals surface area contributed by atoms with Crippen molar-refractivity contribution in [3.05, 3.63) is 70.7 Å². The Morgan fingerprint density at radius 1 is 1.11 bits per heavy atom. The van der Waals surface area contributed by atoms with Crippen LogP contribution in [0.4, 0.5) is 5.69 Å². The lowest BCUT2D eigenvalue weighted by atomic mass is 10.0. The second-order valence-electron chi connectivity index (χ2n) is 6.33. The summed E-state index contributed by atoms with van der Waals surface area (Å²) < 4.78 is 4.71. The van der Waals surface area contributed by atoms with E-state index in [2.05, 4.69) is 30.8 Å². The van der Waals surface area contributed by atoms with Gasteiger partial charge in [-0.15, -0.1) is 0 Å². The SMILES string of the molecule is Cc1nc2nonc2c(N)c1Cc1ccc(C(=O)NCc2ccnnc2)cc1. The van der Waals surface area contributed by atoms with E-state index in [0.29, 0.717) is 35.4 Å². The first kappa shape index (κ1) is 17.5. The number of aromatic nitrogens is 5. The minimum absolute atomic E-state index is 0.157. The van der Waals surface area contributed by atoms with Gasteiger partial charge in [0, 0.05) is 36.0 Å². The van der Waals surface area contributed by atoms with Gasteiger partial charge in [-0.25, -0.2) is 9.61 Å². The van der Waals surface area contributed by atoms with Gasteiger partial charge in [-0.1, -0.05) is 12.1 Å². The fraction of sp³-hybridized carbons (Fsp3) is 0.158. The zero-order chi connectivity index (χ0) is 19.5. The number of nitrogens with zero attached hydrogens (tertiary/aromatic N) is 5. The predicted molar refractivity (Wildman–Crippen MR) is 101 cm³/mol. The standard InChI is InChI=1S/C19H17N7O2/c1-11-15(16(20)17-18(24-11)26-28-25-17)8-12-2-4-14(5-3-12)19(27)21-9-13-6-7-22-23-10-13/h2-7,10H,8-9,20H2,1H3,(H,21,27). The maximum Gasteiger partial charge on any atom is 0.251 e. The summed E-state index contributed by atoms with van der Waals surface area (Å²) in [6.07, 6.45) is 3.77. The number of hydrogen-bond acceptors (Lipinski definition) is 8. The minimum atomic E-state index is -0.157. The van der Waals surface area contributed by atoms with Crippen molar-refractivity contribution in [1.29, 1.82) is 0 Å². The van der Waals surface area contributed by atoms with Gasteiger partial charge in [-0.2, -0.15) is 10.2 Å². The van der Waals surface area contributed by atoms with Crippen LogP contribution in [0, 0.1) is 6.92 Å². The highest BCUT2D eigenvalue weighted by molar-refractivity contribution is 5.94. The second kappa shape index (κ2) is 7.39. The lowest BCUT2D eigenvalue weighted by Crippen LogP contribution is -2.22. The van der Waals surface area contributed by atoms with Crippen LogP contribution < -0.4 is 11.1 Å². The fourth-order valence-electron chi connectivity index (χ4n) is 2.90. The largest absolute Gasteiger partial charge is 0.396 e. The van der Waals surface area contributed by atoms with E-state index in [1.54, 1.807) is 30.6 Å². The number of nitrogens with one attached hydrogen (secondary N) is 1. The van der Waals surface area contributed by atoms with E-state index in [1.165, 1.54) is 0 Å². The van der Waals surface area contributed by atoms with E-state index >= 15 is 0 Å². The number of aryl methyl sites for hydroxylation is 1. The number of amides is 1. The van der Waals surface area contributed by atoms with Crippen molar-refractivity contribution in [3.8, 4) is 0 Å². The van der Waals surface area contributed by atoms with Crippen LogP contribution in [0.3, 0.4) is 0 Å². The van der Waals surface area contributed by atoms with Gasteiger partial charge in [0.15, 0.2) is 5.52 Å². The van der Waals surface area contributed by atoms with Gasteiger partial charge in [0.2, 0.25) is 5.65 Å². The number of pyridine rings is 1. The summed E-state index contributed by atoms with van der Waals surface area (Å²) in [7, 11) is 0. The highest BCUT2D eigenvalue weighted by Gasteiger charge is 2.15. The third kappa shape index (κ3) is 3.50. The molecule has 0 unspecified atom stereocenters. The fourth-order valence-corrected chi connectivity index (χ4v) is 2.90. The van der Waals surface area contributed by atoms with Gasteiger partial charge < -0.3 is 11.1 Å². The van der Waals surface area contributed by atoms with Crippen LogP contribution in [0.5, 0.6) is 0 Å². The zero-order valence-electron chi connectivity index (χ0n) is 15.1. The molecule has 0 bridgehead atoms. The van der Waals surface area contributed by atoms with Gasteiger partial charge in [0.1, 0.15) is 0 Å². The molecule has 0 atom stereocenters. The first-order valence-corrected chi connectivity index (χ1v) is 8.62. The molecule has 1 aromatic carbocycles. The summed E-state index contributed by atoms with van der Waals surface area (Å²) in [4.78, 5) is 16.7. The maximum atomic E-state index is 12.3. The normalized spacial score (nSPS) is 10.9. The molecule has 28 heavy (non-hydrogen) atoms. The summed E-state index contributed by atoms with van der Waals surface area (Å²) in [5, 5.41) is 17.9. The molecule has 0 aliphatic rings. The topological polar surface area (TPSA) is 133 Å². The third-order valence-corrected chi connectivity index (χ3v) is 4.46. The molecule has 4 rings (SSSR count). The van der Waals surface area contributed by atoms with E-state index in [0.717, 1.165) is 22.4 Å². The zero-order valence-corrected chi connectivity index (χ0v) is 15.1. The Kier molecular flexibility index (Phi) is 4.63. The van der Waals surface area contributed by atoms with Crippen molar-refractivity contribution in [2.24, 2.45) is 0 Å². The molecule has 3 N–H and O–H groups in total. The monoisotopic (exact) mass is 375 g/mol. The molecule has 9 nitrogen and oxygen atoms in total. The van der Waals surface area contributed by atoms with Crippen LogP contribution in [-0.2, 0) is 13.0 Å². The minimum Gasteiger partial charge on any atom is -0.396 e. The predicted octanol–water partition coefficient (Wildman–Crippen LogP) is 1.82. The van der Waals surface area contributed by atoms with Crippen LogP contribution in [0.15, 0.2) is 47.4 Å². The summed E-state index contributed by atoms with van der Waals surface area (Å²) >= 11 is 0. The Balaban J connectivity index is 1.47. The van der Waals surface area contributed by atoms with Gasteiger partial charge in [-0.3, -0.25) is 4.79 Å². The first-order chi connectivity index (χ1) is 13.6. The van der Waals surface area contributed by atoms with E-state index in [9.17, 15) is 4.79 Å². The molecule has 1 amide bonds. The van der Waals surface area contributed by atoms with Crippen molar-refractivity contribution in [3.63, 3.8) is 0 Å². The molecule has 0 saturated carbocycles. The van der Waals surface area contributed by atoms with E-state index in [-0.39, 0.29) is 5.91 Å². The van der Waals surface area contributed by atoms with Gasteiger partial charge in [0.05, 0.1) is 11.9 Å². The summed E-state index contributed by atoms with van der Waals surface area (Å²) in [6.45, 7) is 2.26. The quantitative estimate of drug-likeness (QED) is 0.540. The van der Waals surface area contributed by atoms with Crippen LogP contribution >= 0.6 is 0 Å². The third-order valence-electron chi connectivity index (χ3n) is 4.46. The Labute approximate surface area is 160 Å². The second-order valence-corrected chi connectivity index (χ2v) is 6.33. The Hall–Kier alpha value is -3.88. The Bertz CT molecular complexity index is 1120. The molecule has 3 aromatic heterocycles. The Morgan fingerprint density at radius 3 is 2.68 bits per heavy atom. The highest BCUT2D eigenvalue weighted by atomic mass is 16.6. The van der Waals surface area contributed by atoms with Crippen LogP contribution in [0.1, 0.15) is 32.7 Å². The van der Waals surface area contributed by atoms with Crippen LogP contribution in [0.25, 0.3) is 11.2 Å². The number of carbonyl (C=O) groups is 1. The molecule has 9 heteroatoms. The number of nitrogen functional groups attached to an aromatic ring is 1. The van der Waals surface area contributed by atoms with Crippen LogP contribution in [0.2, 0.25) is 0 Å². The number of benzene rings is 1.